The monoisotopic (exact) mass is 272 g/mol. The van der Waals surface area contributed by atoms with Gasteiger partial charge in [-0.2, -0.15) is 0 Å². The number of rotatable bonds is 2. The molecule has 4 nitrogen and oxygen atoms in total. The van der Waals surface area contributed by atoms with Crippen molar-refractivity contribution in [1.29, 1.82) is 0 Å². The second-order valence-corrected chi connectivity index (χ2v) is 5.11. The Bertz CT molecular complexity index is 615. The van der Waals surface area contributed by atoms with Gasteiger partial charge in [0.1, 0.15) is 5.75 Å². The lowest BCUT2D eigenvalue weighted by Crippen LogP contribution is -2.29. The van der Waals surface area contributed by atoms with Crippen LogP contribution in [0.1, 0.15) is 30.4 Å². The van der Waals surface area contributed by atoms with Crippen LogP contribution in [0.2, 0.25) is 0 Å². The largest absolute Gasteiger partial charge is 0.466 e. The molecule has 1 aliphatic carbocycles. The molecule has 4 heteroatoms. The first-order chi connectivity index (χ1) is 9.63. The first kappa shape index (κ1) is 12.9. The number of fused-ring (bicyclic) bond motifs is 3. The Morgan fingerprint density at radius 1 is 1.45 bits per heavy atom. The summed E-state index contributed by atoms with van der Waals surface area (Å²) < 4.78 is 10.5. The summed E-state index contributed by atoms with van der Waals surface area (Å²) in [7, 11) is 0. The van der Waals surface area contributed by atoms with E-state index in [1.54, 1.807) is 13.0 Å². The molecule has 104 valence electrons. The van der Waals surface area contributed by atoms with Gasteiger partial charge in [0.25, 0.3) is 0 Å². The highest BCUT2D eigenvalue weighted by Crippen LogP contribution is 2.48. The molecule has 2 atom stereocenters. The van der Waals surface area contributed by atoms with Crippen LogP contribution in [0.5, 0.6) is 5.75 Å². The molecule has 0 fully saturated rings. The van der Waals surface area contributed by atoms with Crippen molar-refractivity contribution in [3.8, 4) is 5.75 Å². The van der Waals surface area contributed by atoms with Gasteiger partial charge < -0.3 is 9.47 Å². The van der Waals surface area contributed by atoms with E-state index in [1.165, 1.54) is 0 Å². The van der Waals surface area contributed by atoms with Crippen molar-refractivity contribution < 1.29 is 19.1 Å². The number of ether oxygens (including phenoxy) is 2. The highest BCUT2D eigenvalue weighted by Gasteiger charge is 2.44. The van der Waals surface area contributed by atoms with Gasteiger partial charge in [0.05, 0.1) is 12.5 Å². The van der Waals surface area contributed by atoms with Crippen LogP contribution in [0.25, 0.3) is 0 Å². The molecule has 1 aromatic carbocycles. The summed E-state index contributed by atoms with van der Waals surface area (Å²) in [5.41, 5.74) is 2.40. The molecule has 0 amide bonds. The molecule has 0 bridgehead atoms. The van der Waals surface area contributed by atoms with Gasteiger partial charge in [0.15, 0.2) is 0 Å². The van der Waals surface area contributed by atoms with Crippen LogP contribution in [0.4, 0.5) is 0 Å². The molecule has 2 aliphatic rings. The summed E-state index contributed by atoms with van der Waals surface area (Å²) in [5, 5.41) is 0. The van der Waals surface area contributed by atoms with E-state index in [-0.39, 0.29) is 23.8 Å². The van der Waals surface area contributed by atoms with Crippen molar-refractivity contribution in [1.82, 2.24) is 0 Å². The highest BCUT2D eigenvalue weighted by molar-refractivity contribution is 5.97. The minimum Gasteiger partial charge on any atom is -0.466 e. The number of allylic oxidation sites excluding steroid dienone is 1. The summed E-state index contributed by atoms with van der Waals surface area (Å²) in [5.74, 6) is -0.547. The molecule has 0 unspecified atom stereocenters. The maximum Gasteiger partial charge on any atom is 0.339 e. The number of esters is 2. The smallest absolute Gasteiger partial charge is 0.339 e. The molecule has 0 N–H and O–H groups in total. The van der Waals surface area contributed by atoms with Crippen LogP contribution in [-0.2, 0) is 14.3 Å². The molecule has 20 heavy (non-hydrogen) atoms. The minimum atomic E-state index is -0.344. The average molecular weight is 272 g/mol. The number of hydrogen-bond acceptors (Lipinski definition) is 4. The summed E-state index contributed by atoms with van der Waals surface area (Å²) in [6.07, 6.45) is 2.33. The van der Waals surface area contributed by atoms with Gasteiger partial charge in [0, 0.05) is 17.1 Å². The van der Waals surface area contributed by atoms with Gasteiger partial charge in [-0.3, -0.25) is 4.79 Å². The van der Waals surface area contributed by atoms with E-state index in [1.807, 2.05) is 25.1 Å². The third-order valence-electron chi connectivity index (χ3n) is 3.93. The Morgan fingerprint density at radius 3 is 3.00 bits per heavy atom. The van der Waals surface area contributed by atoms with Crippen molar-refractivity contribution >= 4 is 11.9 Å². The van der Waals surface area contributed by atoms with Gasteiger partial charge in [0.2, 0.25) is 0 Å². The number of hydrogen-bond donors (Lipinski definition) is 0. The van der Waals surface area contributed by atoms with Crippen molar-refractivity contribution in [3.63, 3.8) is 0 Å². The van der Waals surface area contributed by atoms with Crippen molar-refractivity contribution in [3.05, 3.63) is 41.0 Å². The maximum absolute atomic E-state index is 12.1. The molecule has 0 saturated carbocycles. The predicted molar refractivity (Wildman–Crippen MR) is 72.4 cm³/mol. The Labute approximate surface area is 117 Å². The summed E-state index contributed by atoms with van der Waals surface area (Å²) in [6.45, 7) is 4.03. The standard InChI is InChI=1S/C16H16O4/c1-3-19-15(17)11-7-8-12-13(11)10-6-4-5-9(2)14(10)20-16(12)18/h4-6,8,11,13H,3,7H2,1-2H3/t11-,13+/m0/s1. The Kier molecular flexibility index (Phi) is 3.08. The third kappa shape index (κ3) is 1.83. The van der Waals surface area contributed by atoms with Crippen LogP contribution in [0.3, 0.4) is 0 Å². The van der Waals surface area contributed by atoms with Gasteiger partial charge in [-0.15, -0.1) is 0 Å². The Balaban J connectivity index is 2.06. The van der Waals surface area contributed by atoms with Gasteiger partial charge in [-0.05, 0) is 25.8 Å². The molecule has 1 heterocycles. The number of aryl methyl sites for hydroxylation is 1. The lowest BCUT2D eigenvalue weighted by atomic mass is 9.82. The normalized spacial score (nSPS) is 23.5. The first-order valence-corrected chi connectivity index (χ1v) is 6.81. The first-order valence-electron chi connectivity index (χ1n) is 6.81. The quantitative estimate of drug-likeness (QED) is 0.613. The predicted octanol–water partition coefficient (Wildman–Crippen LogP) is 2.51. The van der Waals surface area contributed by atoms with Gasteiger partial charge in [-0.1, -0.05) is 24.3 Å². The summed E-state index contributed by atoms with van der Waals surface area (Å²) >= 11 is 0. The lowest BCUT2D eigenvalue weighted by Gasteiger charge is -2.28. The molecule has 1 aliphatic heterocycles. The molecule has 3 rings (SSSR count). The van der Waals surface area contributed by atoms with Crippen molar-refractivity contribution in [2.75, 3.05) is 6.61 Å². The fourth-order valence-corrected chi connectivity index (χ4v) is 3.02. The molecule has 0 radical (unpaired) electrons. The summed E-state index contributed by atoms with van der Waals surface area (Å²) in [4.78, 5) is 24.2. The van der Waals surface area contributed by atoms with E-state index < -0.39 is 0 Å². The second kappa shape index (κ2) is 4.78. The fraction of sp³-hybridized carbons (Fsp3) is 0.375. The number of para-hydroxylation sites is 1. The van der Waals surface area contributed by atoms with Crippen LogP contribution < -0.4 is 4.74 Å². The number of carbonyl (C=O) groups excluding carboxylic acids is 2. The third-order valence-corrected chi connectivity index (χ3v) is 3.93. The van der Waals surface area contributed by atoms with E-state index >= 15 is 0 Å². The highest BCUT2D eigenvalue weighted by atomic mass is 16.5. The Hall–Kier alpha value is -2.10. The zero-order valence-corrected chi connectivity index (χ0v) is 11.5. The molecular weight excluding hydrogens is 256 g/mol. The molecule has 1 aromatic rings. The SMILES string of the molecule is CCOC(=O)[C@H]1CC=C2C(=O)Oc3c(C)cccc3[C@@H]21. The van der Waals surface area contributed by atoms with Crippen LogP contribution in [0.15, 0.2) is 29.8 Å². The van der Waals surface area contributed by atoms with E-state index in [0.29, 0.717) is 24.4 Å². The molecule has 0 aromatic heterocycles. The average Bonchev–Trinajstić information content (AvgIpc) is 2.86. The van der Waals surface area contributed by atoms with E-state index in [9.17, 15) is 9.59 Å². The zero-order valence-electron chi connectivity index (χ0n) is 11.5. The minimum absolute atomic E-state index is 0.231. The Morgan fingerprint density at radius 2 is 2.25 bits per heavy atom. The van der Waals surface area contributed by atoms with Crippen molar-refractivity contribution in [2.24, 2.45) is 5.92 Å². The number of benzene rings is 1. The van der Waals surface area contributed by atoms with Gasteiger partial charge >= 0.3 is 11.9 Å². The summed E-state index contributed by atoms with van der Waals surface area (Å²) in [6, 6.07) is 5.74. The lowest BCUT2D eigenvalue weighted by molar-refractivity contribution is -0.148. The van der Waals surface area contributed by atoms with Crippen LogP contribution >= 0.6 is 0 Å². The number of carbonyl (C=O) groups is 2. The van der Waals surface area contributed by atoms with Crippen LogP contribution in [-0.4, -0.2) is 18.5 Å². The second-order valence-electron chi connectivity index (χ2n) is 5.11. The molecular formula is C16H16O4. The molecule has 0 spiro atoms. The maximum atomic E-state index is 12.1. The van der Waals surface area contributed by atoms with E-state index in [2.05, 4.69) is 0 Å². The van der Waals surface area contributed by atoms with E-state index in [0.717, 1.165) is 11.1 Å². The van der Waals surface area contributed by atoms with Crippen LogP contribution in [0, 0.1) is 12.8 Å². The van der Waals surface area contributed by atoms with Gasteiger partial charge in [-0.25, -0.2) is 4.79 Å². The topological polar surface area (TPSA) is 52.6 Å². The fourth-order valence-electron chi connectivity index (χ4n) is 3.02. The van der Waals surface area contributed by atoms with Crippen molar-refractivity contribution in [2.45, 2.75) is 26.2 Å². The molecule has 0 saturated heterocycles. The van der Waals surface area contributed by atoms with E-state index in [4.69, 9.17) is 9.47 Å². The zero-order chi connectivity index (χ0) is 14.3.